The van der Waals surface area contributed by atoms with Gasteiger partial charge >= 0.3 is 5.97 Å². The molecular weight excluding hydrogens is 196 g/mol. The number of carbonyl (C=O) groups is 1. The van der Waals surface area contributed by atoms with E-state index < -0.39 is 5.97 Å². The Bertz CT molecular complexity index is 270. The summed E-state index contributed by atoms with van der Waals surface area (Å²) in [7, 11) is 0. The van der Waals surface area contributed by atoms with Gasteiger partial charge in [0.15, 0.2) is 0 Å². The first kappa shape index (κ1) is 9.55. The Morgan fingerprint density at radius 2 is 2.42 bits per heavy atom. The van der Waals surface area contributed by atoms with Gasteiger partial charge in [-0.05, 0) is 23.4 Å². The predicted molar refractivity (Wildman–Crippen MR) is 50.1 cm³/mol. The highest BCUT2D eigenvalue weighted by atomic mass is 35.5. The summed E-state index contributed by atoms with van der Waals surface area (Å²) in [6, 6.07) is 1.90. The van der Waals surface area contributed by atoms with Crippen LogP contribution in [0.25, 0.3) is 0 Å². The second kappa shape index (κ2) is 4.48. The molecule has 0 fully saturated rings. The second-order valence-corrected chi connectivity index (χ2v) is 3.80. The fourth-order valence-corrected chi connectivity index (χ4v) is 2.13. The molecule has 0 atom stereocenters. The average molecular weight is 205 g/mol. The summed E-state index contributed by atoms with van der Waals surface area (Å²) in [5, 5.41) is 10.4. The molecular formula is C8H9ClO2S. The topological polar surface area (TPSA) is 37.3 Å². The summed E-state index contributed by atoms with van der Waals surface area (Å²) in [6.45, 7) is 0. The second-order valence-electron chi connectivity index (χ2n) is 2.43. The molecule has 1 aromatic rings. The zero-order valence-electron chi connectivity index (χ0n) is 6.42. The number of aliphatic carboxylic acids is 1. The Hall–Kier alpha value is -0.540. The summed E-state index contributed by atoms with van der Waals surface area (Å²) in [5.74, 6) is -0.197. The molecule has 1 N–H and O–H groups in total. The van der Waals surface area contributed by atoms with Crippen LogP contribution in [0.15, 0.2) is 11.4 Å². The Balaban J connectivity index is 2.58. The van der Waals surface area contributed by atoms with Crippen LogP contribution in [-0.4, -0.2) is 17.0 Å². The third kappa shape index (κ3) is 2.83. The Labute approximate surface area is 79.8 Å². The van der Waals surface area contributed by atoms with E-state index in [-0.39, 0.29) is 6.42 Å². The van der Waals surface area contributed by atoms with Crippen LogP contribution in [0, 0.1) is 0 Å². The molecule has 0 aliphatic carbocycles. The van der Waals surface area contributed by atoms with E-state index in [0.717, 1.165) is 16.9 Å². The van der Waals surface area contributed by atoms with E-state index in [0.29, 0.717) is 5.88 Å². The zero-order valence-corrected chi connectivity index (χ0v) is 7.99. The van der Waals surface area contributed by atoms with Gasteiger partial charge in [0.1, 0.15) is 0 Å². The molecule has 0 aliphatic heterocycles. The lowest BCUT2D eigenvalue weighted by Crippen LogP contribution is -1.98. The molecule has 0 saturated heterocycles. The molecule has 0 amide bonds. The van der Waals surface area contributed by atoms with Gasteiger partial charge in [0.25, 0.3) is 0 Å². The highest BCUT2D eigenvalue weighted by molar-refractivity contribution is 7.10. The molecule has 2 nitrogen and oxygen atoms in total. The highest BCUT2D eigenvalue weighted by Crippen LogP contribution is 2.16. The summed E-state index contributed by atoms with van der Waals surface area (Å²) < 4.78 is 0. The van der Waals surface area contributed by atoms with Gasteiger partial charge in [-0.15, -0.1) is 22.9 Å². The molecule has 0 aromatic carbocycles. The number of carboxylic acid groups (broad SMARTS) is 1. The molecule has 1 aromatic heterocycles. The summed E-state index contributed by atoms with van der Waals surface area (Å²) >= 11 is 7.11. The molecule has 4 heteroatoms. The van der Waals surface area contributed by atoms with Gasteiger partial charge in [0.05, 0.1) is 6.42 Å². The van der Waals surface area contributed by atoms with Crippen LogP contribution in [0.3, 0.4) is 0 Å². The van der Waals surface area contributed by atoms with Gasteiger partial charge in [-0.1, -0.05) is 0 Å². The third-order valence-corrected chi connectivity index (χ3v) is 2.64. The van der Waals surface area contributed by atoms with Crippen molar-refractivity contribution in [3.05, 3.63) is 21.9 Å². The van der Waals surface area contributed by atoms with Gasteiger partial charge in [0, 0.05) is 10.8 Å². The lowest BCUT2D eigenvalue weighted by Gasteiger charge is -1.88. The lowest BCUT2D eigenvalue weighted by atomic mass is 10.2. The average Bonchev–Trinajstić information content (AvgIpc) is 2.36. The highest BCUT2D eigenvalue weighted by Gasteiger charge is 2.03. The van der Waals surface area contributed by atoms with Crippen LogP contribution in [0.1, 0.15) is 10.4 Å². The smallest absolute Gasteiger partial charge is 0.307 e. The molecule has 0 spiro atoms. The molecule has 12 heavy (non-hydrogen) atoms. The Morgan fingerprint density at radius 1 is 1.67 bits per heavy atom. The molecule has 0 unspecified atom stereocenters. The van der Waals surface area contributed by atoms with Crippen molar-refractivity contribution in [3.8, 4) is 0 Å². The fourth-order valence-electron chi connectivity index (χ4n) is 0.918. The maximum Gasteiger partial charge on any atom is 0.307 e. The lowest BCUT2D eigenvalue weighted by molar-refractivity contribution is -0.136. The number of halogens is 1. The van der Waals surface area contributed by atoms with Gasteiger partial charge < -0.3 is 5.11 Å². The SMILES string of the molecule is O=C(O)Cc1csc(CCCl)c1. The molecule has 1 heterocycles. The molecule has 0 radical (unpaired) electrons. The van der Waals surface area contributed by atoms with E-state index in [9.17, 15) is 4.79 Å². The minimum absolute atomic E-state index is 0.110. The van der Waals surface area contributed by atoms with Crippen molar-refractivity contribution in [2.75, 3.05) is 5.88 Å². The molecule has 0 bridgehead atoms. The van der Waals surface area contributed by atoms with Crippen molar-refractivity contribution in [1.29, 1.82) is 0 Å². The number of hydrogen-bond donors (Lipinski definition) is 1. The van der Waals surface area contributed by atoms with E-state index in [2.05, 4.69) is 0 Å². The molecule has 66 valence electrons. The minimum atomic E-state index is -0.787. The predicted octanol–water partition coefficient (Wildman–Crippen LogP) is 2.16. The first-order valence-electron chi connectivity index (χ1n) is 3.56. The summed E-state index contributed by atoms with van der Waals surface area (Å²) in [5.41, 5.74) is 0.868. The van der Waals surface area contributed by atoms with Crippen molar-refractivity contribution in [2.45, 2.75) is 12.8 Å². The van der Waals surface area contributed by atoms with Crippen LogP contribution in [0.2, 0.25) is 0 Å². The molecule has 1 rings (SSSR count). The summed E-state index contributed by atoms with van der Waals surface area (Å²) in [6.07, 6.45) is 0.935. The van der Waals surface area contributed by atoms with Crippen molar-refractivity contribution in [2.24, 2.45) is 0 Å². The van der Waals surface area contributed by atoms with Crippen LogP contribution in [0.5, 0.6) is 0 Å². The van der Waals surface area contributed by atoms with Crippen LogP contribution >= 0.6 is 22.9 Å². The normalized spacial score (nSPS) is 10.1. The van der Waals surface area contributed by atoms with Gasteiger partial charge in [-0.2, -0.15) is 0 Å². The minimum Gasteiger partial charge on any atom is -0.481 e. The van der Waals surface area contributed by atoms with E-state index >= 15 is 0 Å². The van der Waals surface area contributed by atoms with Gasteiger partial charge in [-0.25, -0.2) is 0 Å². The van der Waals surface area contributed by atoms with Gasteiger partial charge in [0.2, 0.25) is 0 Å². The third-order valence-electron chi connectivity index (χ3n) is 1.40. The quantitative estimate of drug-likeness (QED) is 0.764. The standard InChI is InChI=1S/C8H9ClO2S/c9-2-1-7-3-6(5-12-7)4-8(10)11/h3,5H,1-2,4H2,(H,10,11). The fraction of sp³-hybridized carbons (Fsp3) is 0.375. The Kier molecular flexibility index (Phi) is 3.56. The van der Waals surface area contributed by atoms with Crippen molar-refractivity contribution < 1.29 is 9.90 Å². The van der Waals surface area contributed by atoms with E-state index in [1.165, 1.54) is 0 Å². The van der Waals surface area contributed by atoms with E-state index in [4.69, 9.17) is 16.7 Å². The largest absolute Gasteiger partial charge is 0.481 e. The van der Waals surface area contributed by atoms with E-state index in [1.807, 2.05) is 11.4 Å². The molecule has 0 saturated carbocycles. The van der Waals surface area contributed by atoms with Gasteiger partial charge in [-0.3, -0.25) is 4.79 Å². The number of hydrogen-bond acceptors (Lipinski definition) is 2. The number of carboxylic acids is 1. The summed E-state index contributed by atoms with van der Waals surface area (Å²) in [4.78, 5) is 11.5. The zero-order chi connectivity index (χ0) is 8.97. The monoisotopic (exact) mass is 204 g/mol. The number of aryl methyl sites for hydroxylation is 1. The van der Waals surface area contributed by atoms with Crippen LogP contribution < -0.4 is 0 Å². The van der Waals surface area contributed by atoms with E-state index in [1.54, 1.807) is 11.3 Å². The van der Waals surface area contributed by atoms with Crippen molar-refractivity contribution in [3.63, 3.8) is 0 Å². The van der Waals surface area contributed by atoms with Crippen molar-refractivity contribution >= 4 is 28.9 Å². The number of rotatable bonds is 4. The van der Waals surface area contributed by atoms with Crippen LogP contribution in [-0.2, 0) is 17.6 Å². The Morgan fingerprint density at radius 3 is 3.00 bits per heavy atom. The van der Waals surface area contributed by atoms with Crippen molar-refractivity contribution in [1.82, 2.24) is 0 Å². The maximum atomic E-state index is 10.3. The number of alkyl halides is 1. The molecule has 0 aliphatic rings. The first-order chi connectivity index (χ1) is 5.72. The first-order valence-corrected chi connectivity index (χ1v) is 4.98. The van der Waals surface area contributed by atoms with Crippen LogP contribution in [0.4, 0.5) is 0 Å². The number of thiophene rings is 1. The maximum absolute atomic E-state index is 10.3.